The third-order valence-corrected chi connectivity index (χ3v) is 6.24. The van der Waals surface area contributed by atoms with Crippen molar-refractivity contribution in [1.29, 1.82) is 0 Å². The predicted molar refractivity (Wildman–Crippen MR) is 103 cm³/mol. The number of methoxy groups -OCH3 is 1. The largest absolute Gasteiger partial charge is 0.494 e. The van der Waals surface area contributed by atoms with E-state index in [1.807, 2.05) is 18.2 Å². The summed E-state index contributed by atoms with van der Waals surface area (Å²) in [5, 5.41) is 0. The lowest BCUT2D eigenvalue weighted by Gasteiger charge is -2.48. The highest BCUT2D eigenvalue weighted by molar-refractivity contribution is 5.98. The number of carbonyl (C=O) groups is 1. The molecule has 2 aromatic carbocycles. The van der Waals surface area contributed by atoms with E-state index in [2.05, 4.69) is 17.0 Å². The number of halogens is 2. The van der Waals surface area contributed by atoms with Crippen molar-refractivity contribution in [2.24, 2.45) is 5.92 Å². The van der Waals surface area contributed by atoms with Crippen LogP contribution in [0.1, 0.15) is 48.0 Å². The monoisotopic (exact) mass is 385 g/mol. The molecule has 2 aliphatic rings. The molecule has 0 aliphatic carbocycles. The van der Waals surface area contributed by atoms with E-state index >= 15 is 0 Å². The number of fused-ring (bicyclic) bond motifs is 2. The van der Waals surface area contributed by atoms with Crippen molar-refractivity contribution in [3.8, 4) is 5.75 Å². The number of ketones is 1. The minimum atomic E-state index is -1.10. The van der Waals surface area contributed by atoms with Crippen LogP contribution in [0.2, 0.25) is 0 Å². The third kappa shape index (κ3) is 3.55. The Morgan fingerprint density at radius 1 is 1.04 bits per heavy atom. The Morgan fingerprint density at radius 2 is 1.71 bits per heavy atom. The highest BCUT2D eigenvalue weighted by atomic mass is 19.2. The normalized spacial score (nSPS) is 24.8. The highest BCUT2D eigenvalue weighted by Crippen LogP contribution is 2.39. The van der Waals surface area contributed by atoms with Gasteiger partial charge in [-0.1, -0.05) is 36.8 Å². The molecule has 2 aliphatic heterocycles. The standard InChI is InChI=1S/C23H25F2NO2/c1-28-20-11-10-19(21(24)22(20)25)23(27)16-12-17-8-5-9-18(13-16)26(17)14-15-6-3-2-4-7-15/h2-4,6-7,10-11,16-18H,5,8-9,12-14H2,1H3. The van der Waals surface area contributed by atoms with E-state index in [0.717, 1.165) is 25.8 Å². The minimum absolute atomic E-state index is 0.155. The second kappa shape index (κ2) is 8.00. The van der Waals surface area contributed by atoms with Crippen LogP contribution in [0.3, 0.4) is 0 Å². The first-order valence-corrected chi connectivity index (χ1v) is 9.94. The number of hydrogen-bond donors (Lipinski definition) is 0. The first-order chi connectivity index (χ1) is 13.6. The Labute approximate surface area is 164 Å². The fourth-order valence-electron chi connectivity index (χ4n) is 4.84. The lowest BCUT2D eigenvalue weighted by molar-refractivity contribution is 0.00892. The number of nitrogens with zero attached hydrogens (tertiary/aromatic N) is 1. The Hall–Kier alpha value is -2.27. The zero-order valence-corrected chi connectivity index (χ0v) is 16.0. The minimum Gasteiger partial charge on any atom is -0.494 e. The molecule has 4 rings (SSSR count). The summed E-state index contributed by atoms with van der Waals surface area (Å²) in [6.45, 7) is 0.878. The fraction of sp³-hybridized carbons (Fsp3) is 0.435. The van der Waals surface area contributed by atoms with E-state index in [9.17, 15) is 13.6 Å². The molecule has 0 amide bonds. The van der Waals surface area contributed by atoms with E-state index in [1.54, 1.807) is 0 Å². The van der Waals surface area contributed by atoms with Gasteiger partial charge in [0, 0.05) is 24.5 Å². The summed E-state index contributed by atoms with van der Waals surface area (Å²) in [4.78, 5) is 15.5. The number of hydrogen-bond acceptors (Lipinski definition) is 3. The quantitative estimate of drug-likeness (QED) is 0.679. The van der Waals surface area contributed by atoms with Crippen LogP contribution < -0.4 is 4.74 Å². The molecular formula is C23H25F2NO2. The molecule has 28 heavy (non-hydrogen) atoms. The van der Waals surface area contributed by atoms with Crippen molar-refractivity contribution in [1.82, 2.24) is 4.90 Å². The van der Waals surface area contributed by atoms with Crippen molar-refractivity contribution >= 4 is 5.78 Å². The molecule has 0 radical (unpaired) electrons. The van der Waals surface area contributed by atoms with E-state index in [-0.39, 0.29) is 23.0 Å². The second-order valence-electron chi connectivity index (χ2n) is 7.87. The van der Waals surface area contributed by atoms with Crippen molar-refractivity contribution in [2.75, 3.05) is 7.11 Å². The van der Waals surface area contributed by atoms with Crippen LogP contribution in [0.4, 0.5) is 8.78 Å². The highest BCUT2D eigenvalue weighted by Gasteiger charge is 2.41. The molecule has 2 unspecified atom stereocenters. The van der Waals surface area contributed by atoms with E-state index in [1.165, 1.54) is 24.8 Å². The zero-order valence-electron chi connectivity index (χ0n) is 16.0. The summed E-state index contributed by atoms with van der Waals surface area (Å²) < 4.78 is 33.3. The molecule has 2 fully saturated rings. The van der Waals surface area contributed by atoms with Crippen LogP contribution in [0.25, 0.3) is 0 Å². The van der Waals surface area contributed by atoms with Crippen LogP contribution in [-0.4, -0.2) is 29.9 Å². The number of ether oxygens (including phenoxy) is 1. The Kier molecular flexibility index (Phi) is 5.44. The van der Waals surface area contributed by atoms with Gasteiger partial charge in [0.1, 0.15) is 0 Å². The van der Waals surface area contributed by atoms with Gasteiger partial charge in [-0.2, -0.15) is 4.39 Å². The molecule has 0 saturated carbocycles. The van der Waals surface area contributed by atoms with Crippen LogP contribution in [-0.2, 0) is 6.54 Å². The van der Waals surface area contributed by atoms with Crippen LogP contribution in [0.5, 0.6) is 5.75 Å². The van der Waals surface area contributed by atoms with E-state index in [0.29, 0.717) is 24.9 Å². The summed E-state index contributed by atoms with van der Waals surface area (Å²) in [7, 11) is 1.28. The van der Waals surface area contributed by atoms with Crippen molar-refractivity contribution in [3.63, 3.8) is 0 Å². The molecule has 0 spiro atoms. The number of rotatable bonds is 5. The molecule has 0 N–H and O–H groups in total. The second-order valence-corrected chi connectivity index (χ2v) is 7.87. The van der Waals surface area contributed by atoms with Gasteiger partial charge in [-0.15, -0.1) is 0 Å². The zero-order chi connectivity index (χ0) is 19.7. The molecule has 2 atom stereocenters. The average molecular weight is 385 g/mol. The maximum absolute atomic E-state index is 14.4. The van der Waals surface area contributed by atoms with Crippen LogP contribution in [0, 0.1) is 17.6 Å². The van der Waals surface area contributed by atoms with Crippen molar-refractivity contribution < 1.29 is 18.3 Å². The topological polar surface area (TPSA) is 29.5 Å². The molecule has 148 valence electrons. The molecule has 5 heteroatoms. The Balaban J connectivity index is 1.53. The van der Waals surface area contributed by atoms with Crippen LogP contribution >= 0.6 is 0 Å². The first-order valence-electron chi connectivity index (χ1n) is 9.94. The summed E-state index contributed by atoms with van der Waals surface area (Å²) in [5.74, 6) is -2.90. The van der Waals surface area contributed by atoms with Gasteiger partial charge in [0.15, 0.2) is 17.3 Å². The molecule has 2 bridgehead atoms. The maximum atomic E-state index is 14.4. The number of benzene rings is 2. The van der Waals surface area contributed by atoms with E-state index < -0.39 is 11.6 Å². The molecule has 3 nitrogen and oxygen atoms in total. The summed E-state index contributed by atoms with van der Waals surface area (Å²) >= 11 is 0. The fourth-order valence-corrected chi connectivity index (χ4v) is 4.84. The van der Waals surface area contributed by atoms with Gasteiger partial charge in [0.25, 0.3) is 0 Å². The maximum Gasteiger partial charge on any atom is 0.201 e. The Bertz CT molecular complexity index is 841. The van der Waals surface area contributed by atoms with Gasteiger partial charge in [-0.05, 0) is 43.4 Å². The van der Waals surface area contributed by atoms with Crippen LogP contribution in [0.15, 0.2) is 42.5 Å². The molecule has 0 aromatic heterocycles. The molecule has 2 heterocycles. The first kappa shape index (κ1) is 19.1. The number of Topliss-reactive ketones (excluding diaryl/α,β-unsaturated/α-hetero) is 1. The Morgan fingerprint density at radius 3 is 2.36 bits per heavy atom. The number of piperidine rings is 2. The third-order valence-electron chi connectivity index (χ3n) is 6.24. The molecule has 2 aromatic rings. The smallest absolute Gasteiger partial charge is 0.201 e. The van der Waals surface area contributed by atoms with Gasteiger partial charge >= 0.3 is 0 Å². The summed E-state index contributed by atoms with van der Waals surface area (Å²) in [6, 6.07) is 13.7. The predicted octanol–water partition coefficient (Wildman–Crippen LogP) is 4.99. The van der Waals surface area contributed by atoms with Gasteiger partial charge in [0.05, 0.1) is 12.7 Å². The van der Waals surface area contributed by atoms with Gasteiger partial charge in [0.2, 0.25) is 5.82 Å². The molecular weight excluding hydrogens is 360 g/mol. The lowest BCUT2D eigenvalue weighted by atomic mass is 9.75. The SMILES string of the molecule is COc1ccc(C(=O)C2CC3CCCC(C2)N3Cc2ccccc2)c(F)c1F. The summed E-state index contributed by atoms with van der Waals surface area (Å²) in [6.07, 6.45) is 4.66. The van der Waals surface area contributed by atoms with Crippen molar-refractivity contribution in [2.45, 2.75) is 50.7 Å². The van der Waals surface area contributed by atoms with Gasteiger partial charge < -0.3 is 4.74 Å². The lowest BCUT2D eigenvalue weighted by Crippen LogP contribution is -2.52. The van der Waals surface area contributed by atoms with Crippen molar-refractivity contribution in [3.05, 3.63) is 65.2 Å². The average Bonchev–Trinajstić information content (AvgIpc) is 2.70. The molecule has 2 saturated heterocycles. The number of carbonyl (C=O) groups excluding carboxylic acids is 1. The van der Waals surface area contributed by atoms with Gasteiger partial charge in [-0.3, -0.25) is 9.69 Å². The van der Waals surface area contributed by atoms with E-state index in [4.69, 9.17) is 4.74 Å². The summed E-state index contributed by atoms with van der Waals surface area (Å²) in [5.41, 5.74) is 1.12. The van der Waals surface area contributed by atoms with Gasteiger partial charge in [-0.25, -0.2) is 4.39 Å².